The van der Waals surface area contributed by atoms with Gasteiger partial charge in [-0.05, 0) is 37.7 Å². The highest BCUT2D eigenvalue weighted by Gasteiger charge is 2.52. The monoisotopic (exact) mass is 358 g/mol. The second-order valence-electron chi connectivity index (χ2n) is 7.53. The molecule has 3 rings (SSSR count). The first kappa shape index (κ1) is 18.9. The Balaban J connectivity index is 1.78. The van der Waals surface area contributed by atoms with Gasteiger partial charge in [-0.2, -0.15) is 0 Å². The molecule has 2 amide bonds. The first-order valence-electron chi connectivity index (χ1n) is 9.82. The van der Waals surface area contributed by atoms with Gasteiger partial charge in [-0.25, -0.2) is 0 Å². The van der Waals surface area contributed by atoms with E-state index in [4.69, 9.17) is 4.74 Å². The van der Waals surface area contributed by atoms with Gasteiger partial charge in [0.15, 0.2) is 0 Å². The maximum Gasteiger partial charge on any atom is 0.247 e. The van der Waals surface area contributed by atoms with Crippen molar-refractivity contribution in [2.45, 2.75) is 70.2 Å². The number of benzene rings is 1. The lowest BCUT2D eigenvalue weighted by molar-refractivity contribution is -0.161. The molecule has 0 bridgehead atoms. The van der Waals surface area contributed by atoms with Crippen LogP contribution in [0.15, 0.2) is 30.3 Å². The molecule has 1 spiro atoms. The molecule has 142 valence electrons. The topological polar surface area (TPSA) is 49.9 Å². The van der Waals surface area contributed by atoms with Gasteiger partial charge in [0.25, 0.3) is 0 Å². The van der Waals surface area contributed by atoms with E-state index in [1.807, 2.05) is 44.3 Å². The Labute approximate surface area is 156 Å². The minimum absolute atomic E-state index is 0.0271. The van der Waals surface area contributed by atoms with Gasteiger partial charge in [0.1, 0.15) is 11.8 Å². The molecule has 26 heavy (non-hydrogen) atoms. The van der Waals surface area contributed by atoms with Crippen molar-refractivity contribution in [2.24, 2.45) is 0 Å². The van der Waals surface area contributed by atoms with Crippen LogP contribution in [-0.2, 0) is 20.9 Å². The van der Waals surface area contributed by atoms with Gasteiger partial charge in [0, 0.05) is 20.0 Å². The summed E-state index contributed by atoms with van der Waals surface area (Å²) in [5.41, 5.74) is 0.527. The van der Waals surface area contributed by atoms with Crippen molar-refractivity contribution < 1.29 is 14.3 Å². The zero-order valence-corrected chi connectivity index (χ0v) is 15.9. The Morgan fingerprint density at radius 1 is 1.19 bits per heavy atom. The highest BCUT2D eigenvalue weighted by atomic mass is 16.5. The van der Waals surface area contributed by atoms with Crippen LogP contribution in [0.1, 0.15) is 57.4 Å². The van der Waals surface area contributed by atoms with Crippen molar-refractivity contribution >= 4 is 11.8 Å². The third-order valence-corrected chi connectivity index (χ3v) is 5.55. The van der Waals surface area contributed by atoms with Gasteiger partial charge in [-0.1, -0.05) is 43.7 Å². The number of hydrogen-bond acceptors (Lipinski definition) is 3. The summed E-state index contributed by atoms with van der Waals surface area (Å²) in [6, 6.07) is 9.44. The van der Waals surface area contributed by atoms with E-state index in [2.05, 4.69) is 0 Å². The van der Waals surface area contributed by atoms with E-state index in [-0.39, 0.29) is 11.8 Å². The largest absolute Gasteiger partial charge is 0.353 e. The van der Waals surface area contributed by atoms with Crippen molar-refractivity contribution in [1.82, 2.24) is 9.80 Å². The molecule has 1 atom stereocenters. The second-order valence-corrected chi connectivity index (χ2v) is 7.53. The van der Waals surface area contributed by atoms with Crippen LogP contribution in [0.3, 0.4) is 0 Å². The Bertz CT molecular complexity index is 625. The first-order valence-corrected chi connectivity index (χ1v) is 9.82. The van der Waals surface area contributed by atoms with Crippen molar-refractivity contribution in [3.63, 3.8) is 0 Å². The number of hydrogen-bond donors (Lipinski definition) is 0. The zero-order chi connectivity index (χ0) is 18.6. The van der Waals surface area contributed by atoms with Crippen molar-refractivity contribution in [3.05, 3.63) is 35.9 Å². The summed E-state index contributed by atoms with van der Waals surface area (Å²) in [5, 5.41) is 0. The molecular weight excluding hydrogens is 328 g/mol. The van der Waals surface area contributed by atoms with Gasteiger partial charge >= 0.3 is 0 Å². The lowest BCUT2D eigenvalue weighted by Crippen LogP contribution is -2.56. The molecule has 2 fully saturated rings. The maximum atomic E-state index is 13.1. The van der Waals surface area contributed by atoms with Crippen LogP contribution in [0.2, 0.25) is 0 Å². The molecule has 2 aliphatic rings. The van der Waals surface area contributed by atoms with Crippen LogP contribution in [-0.4, -0.2) is 47.0 Å². The fraction of sp³-hybridized carbons (Fsp3) is 0.619. The minimum atomic E-state index is -0.557. The number of carbonyl (C=O) groups is 2. The summed E-state index contributed by atoms with van der Waals surface area (Å²) in [7, 11) is 1.81. The summed E-state index contributed by atoms with van der Waals surface area (Å²) in [6.45, 7) is 2.85. The minimum Gasteiger partial charge on any atom is -0.353 e. The summed E-state index contributed by atoms with van der Waals surface area (Å²) in [4.78, 5) is 29.6. The van der Waals surface area contributed by atoms with Crippen LogP contribution in [0.4, 0.5) is 0 Å². The predicted octanol–water partition coefficient (Wildman–Crippen LogP) is 3.33. The molecule has 0 radical (unpaired) electrons. The first-order chi connectivity index (χ1) is 12.6. The number of nitrogens with zero attached hydrogens (tertiary/aromatic N) is 2. The molecule has 0 N–H and O–H groups in total. The lowest BCUT2D eigenvalue weighted by Gasteiger charge is -2.42. The molecule has 1 aliphatic heterocycles. The molecule has 0 aromatic heterocycles. The van der Waals surface area contributed by atoms with E-state index in [0.717, 1.165) is 37.7 Å². The highest BCUT2D eigenvalue weighted by molar-refractivity contribution is 5.88. The molecule has 1 saturated carbocycles. The number of rotatable bonds is 5. The summed E-state index contributed by atoms with van der Waals surface area (Å²) >= 11 is 0. The number of ether oxygens (including phenoxy) is 1. The van der Waals surface area contributed by atoms with Crippen molar-refractivity contribution in [2.75, 3.05) is 13.7 Å². The molecule has 1 aromatic carbocycles. The van der Waals surface area contributed by atoms with E-state index in [0.29, 0.717) is 19.6 Å². The molecule has 1 aliphatic carbocycles. The smallest absolute Gasteiger partial charge is 0.247 e. The standard InChI is InChI=1S/C21H30N2O3/c1-3-10-19(24)23-18(16-26-21(23)13-8-5-9-14-21)20(25)22(2)15-17-11-6-4-7-12-17/h4,6-7,11-12,18H,3,5,8-10,13-16H2,1-2H3/t18-/m0/s1. The van der Waals surface area contributed by atoms with E-state index in [1.165, 1.54) is 6.42 Å². The quantitative estimate of drug-likeness (QED) is 0.811. The van der Waals surface area contributed by atoms with Gasteiger partial charge in [-0.15, -0.1) is 0 Å². The van der Waals surface area contributed by atoms with Gasteiger partial charge in [0.2, 0.25) is 11.8 Å². The summed E-state index contributed by atoms with van der Waals surface area (Å²) in [6.07, 6.45) is 6.22. The molecule has 1 heterocycles. The number of carbonyl (C=O) groups excluding carboxylic acids is 2. The Kier molecular flexibility index (Phi) is 5.97. The van der Waals surface area contributed by atoms with Gasteiger partial charge in [-0.3, -0.25) is 14.5 Å². The van der Waals surface area contributed by atoms with E-state index < -0.39 is 11.8 Å². The van der Waals surface area contributed by atoms with Crippen molar-refractivity contribution in [1.29, 1.82) is 0 Å². The zero-order valence-electron chi connectivity index (χ0n) is 15.9. The fourth-order valence-corrected chi connectivity index (χ4v) is 4.26. The predicted molar refractivity (Wildman–Crippen MR) is 100 cm³/mol. The Morgan fingerprint density at radius 2 is 1.88 bits per heavy atom. The Hall–Kier alpha value is -1.88. The third kappa shape index (κ3) is 3.78. The molecular formula is C21H30N2O3. The normalized spacial score (nSPS) is 21.8. The van der Waals surface area contributed by atoms with Crippen LogP contribution in [0.5, 0.6) is 0 Å². The second kappa shape index (κ2) is 8.21. The van der Waals surface area contributed by atoms with Gasteiger partial charge < -0.3 is 9.64 Å². The average Bonchev–Trinajstić information content (AvgIpc) is 3.01. The fourth-order valence-electron chi connectivity index (χ4n) is 4.26. The highest BCUT2D eigenvalue weighted by Crippen LogP contribution is 2.41. The van der Waals surface area contributed by atoms with Crippen LogP contribution in [0, 0.1) is 0 Å². The third-order valence-electron chi connectivity index (χ3n) is 5.55. The maximum absolute atomic E-state index is 13.1. The summed E-state index contributed by atoms with van der Waals surface area (Å²) in [5.74, 6) is 0.0270. The van der Waals surface area contributed by atoms with E-state index in [1.54, 1.807) is 9.80 Å². The van der Waals surface area contributed by atoms with Crippen LogP contribution >= 0.6 is 0 Å². The van der Waals surface area contributed by atoms with Crippen molar-refractivity contribution in [3.8, 4) is 0 Å². The SMILES string of the molecule is CCCC(=O)N1[C@H](C(=O)N(C)Cc2ccccc2)COC12CCCCC2. The van der Waals surface area contributed by atoms with Crippen LogP contribution < -0.4 is 0 Å². The average molecular weight is 358 g/mol. The van der Waals surface area contributed by atoms with Gasteiger partial charge in [0.05, 0.1) is 6.61 Å². The van der Waals surface area contributed by atoms with Crippen LogP contribution in [0.25, 0.3) is 0 Å². The molecule has 1 aromatic rings. The summed E-state index contributed by atoms with van der Waals surface area (Å²) < 4.78 is 6.15. The molecule has 5 nitrogen and oxygen atoms in total. The number of likely N-dealkylation sites (N-methyl/N-ethyl adjacent to an activating group) is 1. The Morgan fingerprint density at radius 3 is 2.54 bits per heavy atom. The molecule has 5 heteroatoms. The number of amides is 2. The lowest BCUT2D eigenvalue weighted by atomic mass is 9.90. The van der Waals surface area contributed by atoms with E-state index in [9.17, 15) is 9.59 Å². The van der Waals surface area contributed by atoms with E-state index >= 15 is 0 Å². The molecule has 1 saturated heterocycles. The molecule has 0 unspecified atom stereocenters.